The van der Waals surface area contributed by atoms with Crippen molar-refractivity contribution in [2.24, 2.45) is 4.99 Å². The second-order valence-corrected chi connectivity index (χ2v) is 8.92. The third-order valence-corrected chi connectivity index (χ3v) is 6.46. The van der Waals surface area contributed by atoms with Crippen molar-refractivity contribution in [3.8, 4) is 5.75 Å². The molecule has 3 rings (SSSR count). The van der Waals surface area contributed by atoms with Crippen molar-refractivity contribution in [1.82, 2.24) is 19.7 Å². The van der Waals surface area contributed by atoms with E-state index in [1.165, 1.54) is 22.7 Å². The molecule has 0 aliphatic carbocycles. The maximum atomic E-state index is 13.3. The first kappa shape index (κ1) is 25.3. The third-order valence-electron chi connectivity index (χ3n) is 4.65. The van der Waals surface area contributed by atoms with Gasteiger partial charge in [-0.1, -0.05) is 11.2 Å². The van der Waals surface area contributed by atoms with Gasteiger partial charge in [0.1, 0.15) is 29.7 Å². The summed E-state index contributed by atoms with van der Waals surface area (Å²) in [6.45, 7) is 4.08. The fourth-order valence-corrected chi connectivity index (χ4v) is 4.57. The van der Waals surface area contributed by atoms with Crippen LogP contribution in [0.1, 0.15) is 12.6 Å². The number of piperazine rings is 1. The molecule has 2 heterocycles. The van der Waals surface area contributed by atoms with E-state index >= 15 is 0 Å². The van der Waals surface area contributed by atoms with Crippen LogP contribution in [0, 0.1) is 5.82 Å². The maximum absolute atomic E-state index is 13.3. The molecule has 0 amide bonds. The van der Waals surface area contributed by atoms with Gasteiger partial charge in [-0.05, 0) is 19.1 Å². The monoisotopic (exact) mass is 567 g/mol. The summed E-state index contributed by atoms with van der Waals surface area (Å²) in [5, 5.41) is 6.91. The van der Waals surface area contributed by atoms with Crippen LogP contribution in [-0.2, 0) is 15.8 Å². The molecule has 0 spiro atoms. The molecule has 1 aromatic carbocycles. The first-order valence-corrected chi connectivity index (χ1v) is 11.2. The van der Waals surface area contributed by atoms with Gasteiger partial charge in [-0.3, -0.25) is 4.99 Å². The van der Waals surface area contributed by atoms with Gasteiger partial charge in [0.15, 0.2) is 5.96 Å². The molecule has 1 atom stereocenters. The predicted molar refractivity (Wildman–Crippen MR) is 126 cm³/mol. The molecule has 1 aliphatic heterocycles. The summed E-state index contributed by atoms with van der Waals surface area (Å²) in [6.07, 6.45) is 1.14. The van der Waals surface area contributed by atoms with Crippen LogP contribution >= 0.6 is 24.0 Å². The quantitative estimate of drug-likeness (QED) is 0.310. The number of benzene rings is 1. The van der Waals surface area contributed by atoms with Crippen LogP contribution in [0.15, 0.2) is 46.1 Å². The lowest BCUT2D eigenvalue weighted by Crippen LogP contribution is -2.54. The smallest absolute Gasteiger partial charge is 0.220 e. The zero-order chi connectivity index (χ0) is 21.6. The average Bonchev–Trinajstić information content (AvgIpc) is 3.21. The van der Waals surface area contributed by atoms with E-state index in [-0.39, 0.29) is 41.7 Å². The number of nitrogens with one attached hydrogen (secondary N) is 1. The van der Waals surface area contributed by atoms with Crippen molar-refractivity contribution < 1.29 is 22.1 Å². The molecule has 2 aromatic rings. The minimum Gasteiger partial charge on any atom is -0.489 e. The summed E-state index contributed by atoms with van der Waals surface area (Å²) < 4.78 is 50.2. The number of sulfonamides is 1. The lowest BCUT2D eigenvalue weighted by Gasteiger charge is -2.36. The Morgan fingerprint density at radius 3 is 2.68 bits per heavy atom. The zero-order valence-electron chi connectivity index (χ0n) is 17.4. The molecule has 0 radical (unpaired) electrons. The fraction of sp³-hybridized carbons (Fsp3) is 0.474. The number of nitrogens with zero attached hydrogens (tertiary/aromatic N) is 4. The Labute approximate surface area is 198 Å². The fourth-order valence-electron chi connectivity index (χ4n) is 3.15. The molecule has 12 heteroatoms. The van der Waals surface area contributed by atoms with Gasteiger partial charge in [0.2, 0.25) is 10.0 Å². The van der Waals surface area contributed by atoms with E-state index in [2.05, 4.69) is 15.5 Å². The Bertz CT molecular complexity index is 950. The van der Waals surface area contributed by atoms with Crippen molar-refractivity contribution in [1.29, 1.82) is 0 Å². The van der Waals surface area contributed by atoms with Crippen molar-refractivity contribution in [2.75, 3.05) is 39.8 Å². The topological polar surface area (TPSA) is 100 Å². The lowest BCUT2D eigenvalue weighted by molar-refractivity contribution is 0.217. The molecule has 1 aliphatic rings. The van der Waals surface area contributed by atoms with Gasteiger partial charge in [0, 0.05) is 45.4 Å². The van der Waals surface area contributed by atoms with E-state index in [1.807, 2.05) is 11.8 Å². The molecule has 1 N–H and O–H groups in total. The van der Waals surface area contributed by atoms with Crippen LogP contribution in [0.3, 0.4) is 0 Å². The zero-order valence-corrected chi connectivity index (χ0v) is 20.5. The lowest BCUT2D eigenvalue weighted by atomic mass is 10.3. The van der Waals surface area contributed by atoms with Gasteiger partial charge in [0.25, 0.3) is 0 Å². The van der Waals surface area contributed by atoms with Crippen LogP contribution in [0.5, 0.6) is 5.75 Å². The van der Waals surface area contributed by atoms with E-state index in [9.17, 15) is 12.8 Å². The van der Waals surface area contributed by atoms with Gasteiger partial charge >= 0.3 is 0 Å². The summed E-state index contributed by atoms with van der Waals surface area (Å²) in [4.78, 5) is 6.28. The normalized spacial score (nSPS) is 16.5. The van der Waals surface area contributed by atoms with E-state index in [1.54, 1.807) is 25.2 Å². The standard InChI is InChI=1S/C19H26FN5O4S.HI/c1-15(29-18-5-3-4-16(20)12-18)13-22-19(21-2)24-7-9-25(10-8-24)30(26,27)14-17-6-11-28-23-17;/h3-6,11-12,15H,7-10,13-14H2,1-2H3,(H,21,22);1H. The van der Waals surface area contributed by atoms with Crippen LogP contribution in [0.25, 0.3) is 0 Å². The molecule has 1 saturated heterocycles. The van der Waals surface area contributed by atoms with Crippen molar-refractivity contribution >= 4 is 40.0 Å². The highest BCUT2D eigenvalue weighted by Gasteiger charge is 2.29. The Hall–Kier alpha value is -1.93. The maximum Gasteiger partial charge on any atom is 0.220 e. The molecule has 0 saturated carbocycles. The van der Waals surface area contributed by atoms with E-state index in [0.717, 1.165) is 0 Å². The molecule has 1 aromatic heterocycles. The highest BCUT2D eigenvalue weighted by Crippen LogP contribution is 2.14. The highest BCUT2D eigenvalue weighted by atomic mass is 127. The van der Waals surface area contributed by atoms with E-state index in [4.69, 9.17) is 9.26 Å². The van der Waals surface area contributed by atoms with Crippen molar-refractivity contribution in [3.63, 3.8) is 0 Å². The molecule has 1 fully saturated rings. The summed E-state index contributed by atoms with van der Waals surface area (Å²) in [7, 11) is -1.78. The molecular formula is C19H27FIN5O4S. The Balaban J connectivity index is 0.00000341. The van der Waals surface area contributed by atoms with Gasteiger partial charge in [0.05, 0.1) is 12.2 Å². The summed E-state index contributed by atoms with van der Waals surface area (Å²) in [6, 6.07) is 7.55. The van der Waals surface area contributed by atoms with Crippen molar-refractivity contribution in [3.05, 3.63) is 48.1 Å². The van der Waals surface area contributed by atoms with E-state index in [0.29, 0.717) is 50.1 Å². The van der Waals surface area contributed by atoms with Gasteiger partial charge in [-0.15, -0.1) is 24.0 Å². The number of ether oxygens (including phenoxy) is 1. The number of guanidine groups is 1. The molecule has 172 valence electrons. The third kappa shape index (κ3) is 7.31. The molecule has 31 heavy (non-hydrogen) atoms. The average molecular weight is 567 g/mol. The second kappa shape index (κ2) is 11.6. The largest absolute Gasteiger partial charge is 0.489 e. The van der Waals surface area contributed by atoms with Crippen LogP contribution in [0.2, 0.25) is 0 Å². The second-order valence-electron chi connectivity index (χ2n) is 6.95. The van der Waals surface area contributed by atoms with Crippen LogP contribution in [-0.4, -0.2) is 74.6 Å². The highest BCUT2D eigenvalue weighted by molar-refractivity contribution is 14.0. The number of hydrogen-bond donors (Lipinski definition) is 1. The van der Waals surface area contributed by atoms with Gasteiger partial charge in [-0.2, -0.15) is 4.31 Å². The molecule has 1 unspecified atom stereocenters. The van der Waals surface area contributed by atoms with Crippen molar-refractivity contribution in [2.45, 2.75) is 18.8 Å². The number of rotatable bonds is 7. The van der Waals surface area contributed by atoms with Crippen LogP contribution in [0.4, 0.5) is 4.39 Å². The van der Waals surface area contributed by atoms with Gasteiger partial charge in [-0.25, -0.2) is 12.8 Å². The molecule has 0 bridgehead atoms. The number of halogens is 2. The summed E-state index contributed by atoms with van der Waals surface area (Å²) in [5.41, 5.74) is 0.391. The predicted octanol–water partition coefficient (Wildman–Crippen LogP) is 1.92. The number of aliphatic imine (C=N–C) groups is 1. The minimum atomic E-state index is -3.45. The summed E-state index contributed by atoms with van der Waals surface area (Å²) in [5.74, 6) is 0.606. The van der Waals surface area contributed by atoms with Gasteiger partial charge < -0.3 is 19.5 Å². The van der Waals surface area contributed by atoms with Crippen LogP contribution < -0.4 is 10.1 Å². The Morgan fingerprint density at radius 2 is 2.06 bits per heavy atom. The number of aromatic nitrogens is 1. The number of hydrogen-bond acceptors (Lipinski definition) is 6. The molecular weight excluding hydrogens is 540 g/mol. The Morgan fingerprint density at radius 1 is 1.32 bits per heavy atom. The minimum absolute atomic E-state index is 0. The molecule has 9 nitrogen and oxygen atoms in total. The first-order chi connectivity index (χ1) is 14.4. The Kier molecular flexibility index (Phi) is 9.50. The van der Waals surface area contributed by atoms with E-state index < -0.39 is 10.0 Å². The SMILES string of the molecule is CN=C(NCC(C)Oc1cccc(F)c1)N1CCN(S(=O)(=O)Cc2ccon2)CC1.I. The first-order valence-electron chi connectivity index (χ1n) is 9.62. The summed E-state index contributed by atoms with van der Waals surface area (Å²) >= 11 is 0.